The minimum absolute atomic E-state index is 0.511. The molecule has 4 heteroatoms. The molecule has 1 rings (SSSR count). The molecule has 0 atom stereocenters. The molecule has 1 aromatic rings. The van der Waals surface area contributed by atoms with Gasteiger partial charge in [0.25, 0.3) is 0 Å². The van der Waals surface area contributed by atoms with E-state index in [0.717, 1.165) is 11.4 Å². The van der Waals surface area contributed by atoms with Crippen LogP contribution >= 0.6 is 12.2 Å². The van der Waals surface area contributed by atoms with Gasteiger partial charge in [-0.1, -0.05) is 12.2 Å². The molecule has 0 saturated heterocycles. The van der Waals surface area contributed by atoms with Crippen LogP contribution < -0.4 is 5.73 Å². The van der Waals surface area contributed by atoms with E-state index in [9.17, 15) is 0 Å². The fraction of sp³-hybridized carbons (Fsp3) is 0.429. The molecule has 0 aromatic carbocycles. The second-order valence-electron chi connectivity index (χ2n) is 2.53. The van der Waals surface area contributed by atoms with Crippen LogP contribution in [0, 0.1) is 6.92 Å². The first kappa shape index (κ1) is 8.20. The minimum atomic E-state index is 0.511. The van der Waals surface area contributed by atoms with Crippen molar-refractivity contribution in [3.05, 3.63) is 17.7 Å². The molecule has 0 fully saturated rings. The zero-order valence-electron chi connectivity index (χ0n) is 6.66. The maximum Gasteiger partial charge on any atom is 0.0948 e. The summed E-state index contributed by atoms with van der Waals surface area (Å²) in [6, 6.07) is 0. The van der Waals surface area contributed by atoms with E-state index in [0.29, 0.717) is 11.4 Å². The van der Waals surface area contributed by atoms with Gasteiger partial charge in [0.15, 0.2) is 0 Å². The van der Waals surface area contributed by atoms with Crippen molar-refractivity contribution in [1.82, 2.24) is 9.55 Å². The van der Waals surface area contributed by atoms with Gasteiger partial charge in [-0.15, -0.1) is 0 Å². The van der Waals surface area contributed by atoms with Gasteiger partial charge in [0.05, 0.1) is 17.0 Å². The average molecular weight is 169 g/mol. The van der Waals surface area contributed by atoms with Crippen molar-refractivity contribution in [3.8, 4) is 0 Å². The number of nitrogens with zero attached hydrogens (tertiary/aromatic N) is 2. The summed E-state index contributed by atoms with van der Waals surface area (Å²) in [4.78, 5) is 4.63. The van der Waals surface area contributed by atoms with Crippen LogP contribution in [0.1, 0.15) is 11.4 Å². The van der Waals surface area contributed by atoms with Gasteiger partial charge < -0.3 is 10.3 Å². The molecule has 11 heavy (non-hydrogen) atoms. The van der Waals surface area contributed by atoms with Crippen molar-refractivity contribution in [2.24, 2.45) is 12.8 Å². The fourth-order valence-corrected chi connectivity index (χ4v) is 1.13. The van der Waals surface area contributed by atoms with E-state index in [1.807, 2.05) is 18.5 Å². The molecule has 60 valence electrons. The second-order valence-corrected chi connectivity index (χ2v) is 3.06. The molecule has 0 aliphatic carbocycles. The van der Waals surface area contributed by atoms with Crippen LogP contribution in [0.2, 0.25) is 0 Å². The Bertz CT molecular complexity index is 258. The summed E-state index contributed by atoms with van der Waals surface area (Å²) in [6.07, 6.45) is 2.40. The maximum atomic E-state index is 5.41. The lowest BCUT2D eigenvalue weighted by Gasteiger charge is -2.00. The average Bonchev–Trinajstić information content (AvgIpc) is 2.18. The summed E-state index contributed by atoms with van der Waals surface area (Å²) in [5.74, 6) is 0. The fourth-order valence-electron chi connectivity index (χ4n) is 0.990. The van der Waals surface area contributed by atoms with Crippen molar-refractivity contribution < 1.29 is 0 Å². The lowest BCUT2D eigenvalue weighted by atomic mass is 10.2. The normalized spacial score (nSPS) is 10.0. The number of rotatable bonds is 2. The van der Waals surface area contributed by atoms with Crippen molar-refractivity contribution in [2.75, 3.05) is 0 Å². The van der Waals surface area contributed by atoms with Gasteiger partial charge in [0.1, 0.15) is 0 Å². The Labute approximate surface area is 71.2 Å². The van der Waals surface area contributed by atoms with Crippen LogP contribution in [0.4, 0.5) is 0 Å². The molecule has 3 nitrogen and oxygen atoms in total. The highest BCUT2D eigenvalue weighted by Crippen LogP contribution is 2.04. The Kier molecular flexibility index (Phi) is 2.24. The molecule has 1 aromatic heterocycles. The molecule has 1 heterocycles. The van der Waals surface area contributed by atoms with E-state index in [4.69, 9.17) is 18.0 Å². The summed E-state index contributed by atoms with van der Waals surface area (Å²) in [6.45, 7) is 1.95. The van der Waals surface area contributed by atoms with Gasteiger partial charge >= 0.3 is 0 Å². The van der Waals surface area contributed by atoms with Crippen molar-refractivity contribution in [1.29, 1.82) is 0 Å². The predicted octanol–water partition coefficient (Wildman–Crippen LogP) is 0.557. The highest BCUT2D eigenvalue weighted by atomic mass is 32.1. The highest BCUT2D eigenvalue weighted by Gasteiger charge is 2.04. The molecule has 0 radical (unpaired) electrons. The molecule has 0 aliphatic rings. The van der Waals surface area contributed by atoms with E-state index in [1.54, 1.807) is 6.33 Å². The number of nitrogens with two attached hydrogens (primary N) is 1. The Hall–Kier alpha value is -0.900. The number of thiocarbonyl (C=S) groups is 1. The zero-order chi connectivity index (χ0) is 8.43. The van der Waals surface area contributed by atoms with Gasteiger partial charge in [0, 0.05) is 19.2 Å². The Morgan fingerprint density at radius 2 is 2.45 bits per heavy atom. The van der Waals surface area contributed by atoms with Crippen LogP contribution in [-0.2, 0) is 13.5 Å². The SMILES string of the molecule is Cc1ncn(C)c1CC(N)=S. The number of imidazole rings is 1. The summed E-state index contributed by atoms with van der Waals surface area (Å²) < 4.78 is 1.94. The summed E-state index contributed by atoms with van der Waals surface area (Å²) in [5.41, 5.74) is 7.51. The molecule has 0 unspecified atom stereocenters. The molecule has 0 bridgehead atoms. The van der Waals surface area contributed by atoms with E-state index >= 15 is 0 Å². The van der Waals surface area contributed by atoms with Gasteiger partial charge in [-0.25, -0.2) is 4.98 Å². The Morgan fingerprint density at radius 3 is 2.82 bits per heavy atom. The van der Waals surface area contributed by atoms with Gasteiger partial charge in [-0.3, -0.25) is 0 Å². The smallest absolute Gasteiger partial charge is 0.0948 e. The molecular formula is C7H11N3S. The Morgan fingerprint density at radius 1 is 1.82 bits per heavy atom. The largest absolute Gasteiger partial charge is 0.393 e. The monoisotopic (exact) mass is 169 g/mol. The standard InChI is InChI=1S/C7H11N3S/c1-5-6(3-7(8)11)10(2)4-9-5/h4H,3H2,1-2H3,(H2,8,11). The minimum Gasteiger partial charge on any atom is -0.393 e. The molecule has 0 saturated carbocycles. The second kappa shape index (κ2) is 3.00. The third kappa shape index (κ3) is 1.77. The third-order valence-electron chi connectivity index (χ3n) is 1.61. The molecule has 0 spiro atoms. The van der Waals surface area contributed by atoms with Crippen LogP contribution in [0.3, 0.4) is 0 Å². The quantitative estimate of drug-likeness (QED) is 0.658. The summed E-state index contributed by atoms with van der Waals surface area (Å²) >= 11 is 4.80. The zero-order valence-corrected chi connectivity index (χ0v) is 7.48. The van der Waals surface area contributed by atoms with Gasteiger partial charge in [-0.05, 0) is 6.92 Å². The highest BCUT2D eigenvalue weighted by molar-refractivity contribution is 7.80. The first-order valence-electron chi connectivity index (χ1n) is 3.36. The number of hydrogen-bond donors (Lipinski definition) is 1. The summed E-state index contributed by atoms with van der Waals surface area (Å²) in [5, 5.41) is 0. The van der Waals surface area contributed by atoms with Crippen LogP contribution in [0.5, 0.6) is 0 Å². The predicted molar refractivity (Wildman–Crippen MR) is 48.4 cm³/mol. The van der Waals surface area contributed by atoms with E-state index in [2.05, 4.69) is 4.98 Å². The topological polar surface area (TPSA) is 43.8 Å². The van der Waals surface area contributed by atoms with Gasteiger partial charge in [0.2, 0.25) is 0 Å². The number of hydrogen-bond acceptors (Lipinski definition) is 2. The lowest BCUT2D eigenvalue weighted by Crippen LogP contribution is -2.14. The van der Waals surface area contributed by atoms with E-state index in [1.165, 1.54) is 0 Å². The van der Waals surface area contributed by atoms with Gasteiger partial charge in [-0.2, -0.15) is 0 Å². The van der Waals surface area contributed by atoms with E-state index < -0.39 is 0 Å². The third-order valence-corrected chi connectivity index (χ3v) is 1.75. The van der Waals surface area contributed by atoms with Crippen LogP contribution in [-0.4, -0.2) is 14.5 Å². The van der Waals surface area contributed by atoms with Crippen molar-refractivity contribution >= 4 is 17.2 Å². The van der Waals surface area contributed by atoms with E-state index in [-0.39, 0.29) is 0 Å². The molecule has 0 amide bonds. The molecular weight excluding hydrogens is 158 g/mol. The number of aromatic nitrogens is 2. The molecule has 2 N–H and O–H groups in total. The maximum absolute atomic E-state index is 5.41. The van der Waals surface area contributed by atoms with Crippen LogP contribution in [0.25, 0.3) is 0 Å². The Balaban J connectivity index is 2.92. The summed E-state index contributed by atoms with van der Waals surface area (Å²) in [7, 11) is 1.94. The lowest BCUT2D eigenvalue weighted by molar-refractivity contribution is 0.856. The van der Waals surface area contributed by atoms with Crippen molar-refractivity contribution in [3.63, 3.8) is 0 Å². The molecule has 0 aliphatic heterocycles. The number of aryl methyl sites for hydroxylation is 2. The first-order valence-corrected chi connectivity index (χ1v) is 3.77. The van der Waals surface area contributed by atoms with Crippen LogP contribution in [0.15, 0.2) is 6.33 Å². The first-order chi connectivity index (χ1) is 5.11. The van der Waals surface area contributed by atoms with Crippen molar-refractivity contribution in [2.45, 2.75) is 13.3 Å².